The van der Waals surface area contributed by atoms with Crippen molar-refractivity contribution in [3.63, 3.8) is 0 Å². The highest BCUT2D eigenvalue weighted by atomic mass is 16.5. The van der Waals surface area contributed by atoms with E-state index in [1.165, 1.54) is 0 Å². The van der Waals surface area contributed by atoms with Gasteiger partial charge in [0, 0.05) is 26.6 Å². The molecule has 1 unspecified atom stereocenters. The molecular formula is C14H23N3O4. The van der Waals surface area contributed by atoms with Crippen LogP contribution in [-0.4, -0.2) is 44.7 Å². The maximum Gasteiger partial charge on any atom is 0.237 e. The van der Waals surface area contributed by atoms with Gasteiger partial charge in [0.25, 0.3) is 0 Å². The summed E-state index contributed by atoms with van der Waals surface area (Å²) in [6, 6.07) is 3.19. The summed E-state index contributed by atoms with van der Waals surface area (Å²) in [7, 11) is 1.58. The van der Waals surface area contributed by atoms with Crippen LogP contribution in [0, 0.1) is 0 Å². The lowest BCUT2D eigenvalue weighted by atomic mass is 10.3. The van der Waals surface area contributed by atoms with Gasteiger partial charge in [-0.1, -0.05) is 0 Å². The molecule has 7 heteroatoms. The topological polar surface area (TPSA) is 92.6 Å². The molecule has 0 bridgehead atoms. The molecule has 0 aliphatic heterocycles. The molecule has 0 saturated heterocycles. The number of carbonyl (C=O) groups excluding carboxylic acids is 2. The van der Waals surface area contributed by atoms with E-state index >= 15 is 0 Å². The molecule has 1 aromatic heterocycles. The van der Waals surface area contributed by atoms with Crippen molar-refractivity contribution in [2.24, 2.45) is 0 Å². The van der Waals surface area contributed by atoms with E-state index in [9.17, 15) is 9.59 Å². The number of carbonyl (C=O) groups is 2. The molecule has 7 nitrogen and oxygen atoms in total. The van der Waals surface area contributed by atoms with Crippen molar-refractivity contribution < 1.29 is 18.7 Å². The van der Waals surface area contributed by atoms with Crippen molar-refractivity contribution in [3.8, 4) is 0 Å². The van der Waals surface area contributed by atoms with Crippen LogP contribution in [0.5, 0.6) is 0 Å². The third-order valence-electron chi connectivity index (χ3n) is 2.84. The first-order valence-corrected chi connectivity index (χ1v) is 6.92. The molecule has 3 N–H and O–H groups in total. The Morgan fingerprint density at radius 2 is 2.14 bits per heavy atom. The van der Waals surface area contributed by atoms with Gasteiger partial charge in [-0.15, -0.1) is 0 Å². The van der Waals surface area contributed by atoms with Crippen LogP contribution in [0.2, 0.25) is 0 Å². The summed E-state index contributed by atoms with van der Waals surface area (Å²) in [5, 5.41) is 8.46. The SMILES string of the molecule is COCCNC(=O)CCNC(C)C(=O)NCc1ccco1. The Kier molecular flexibility index (Phi) is 8.15. The van der Waals surface area contributed by atoms with Crippen LogP contribution in [0.4, 0.5) is 0 Å². The zero-order valence-electron chi connectivity index (χ0n) is 12.5. The normalized spacial score (nSPS) is 11.9. The van der Waals surface area contributed by atoms with Crippen molar-refractivity contribution in [1.29, 1.82) is 0 Å². The van der Waals surface area contributed by atoms with Crippen LogP contribution < -0.4 is 16.0 Å². The lowest BCUT2D eigenvalue weighted by Gasteiger charge is -2.13. The molecule has 1 heterocycles. The van der Waals surface area contributed by atoms with E-state index in [0.717, 1.165) is 0 Å². The standard InChI is InChI=1S/C14H23N3O4/c1-11(14(19)17-10-12-4-3-8-21-12)15-6-5-13(18)16-7-9-20-2/h3-4,8,11,15H,5-7,9-10H2,1-2H3,(H,16,18)(H,17,19). The molecular weight excluding hydrogens is 274 g/mol. The van der Waals surface area contributed by atoms with E-state index < -0.39 is 0 Å². The lowest BCUT2D eigenvalue weighted by molar-refractivity contribution is -0.124. The minimum Gasteiger partial charge on any atom is -0.467 e. The third kappa shape index (κ3) is 7.48. The van der Waals surface area contributed by atoms with Gasteiger partial charge in [0.15, 0.2) is 0 Å². The fraction of sp³-hybridized carbons (Fsp3) is 0.571. The molecule has 2 amide bonds. The predicted molar refractivity (Wildman–Crippen MR) is 77.5 cm³/mol. The van der Waals surface area contributed by atoms with E-state index in [-0.39, 0.29) is 17.9 Å². The minimum atomic E-state index is -0.369. The molecule has 0 aliphatic carbocycles. The molecule has 21 heavy (non-hydrogen) atoms. The second-order valence-electron chi connectivity index (χ2n) is 4.57. The third-order valence-corrected chi connectivity index (χ3v) is 2.84. The molecule has 1 atom stereocenters. The van der Waals surface area contributed by atoms with Crippen LogP contribution in [-0.2, 0) is 20.9 Å². The summed E-state index contributed by atoms with van der Waals surface area (Å²) in [6.07, 6.45) is 1.88. The number of furan rings is 1. The predicted octanol–water partition coefficient (Wildman–Crippen LogP) is 0.0266. The van der Waals surface area contributed by atoms with Gasteiger partial charge in [0.05, 0.1) is 25.5 Å². The van der Waals surface area contributed by atoms with E-state index in [4.69, 9.17) is 9.15 Å². The Balaban J connectivity index is 2.10. The smallest absolute Gasteiger partial charge is 0.237 e. The first-order valence-electron chi connectivity index (χ1n) is 6.92. The van der Waals surface area contributed by atoms with Crippen molar-refractivity contribution in [2.45, 2.75) is 25.9 Å². The summed E-state index contributed by atoms with van der Waals surface area (Å²) in [5.41, 5.74) is 0. The molecule has 0 radical (unpaired) electrons. The molecule has 1 aromatic rings. The molecule has 118 valence electrons. The Morgan fingerprint density at radius 1 is 1.33 bits per heavy atom. The molecule has 0 aromatic carbocycles. The summed E-state index contributed by atoms with van der Waals surface area (Å²) in [4.78, 5) is 23.2. The van der Waals surface area contributed by atoms with E-state index in [1.807, 2.05) is 0 Å². The average Bonchev–Trinajstić information content (AvgIpc) is 2.98. The average molecular weight is 297 g/mol. The number of rotatable bonds is 10. The highest BCUT2D eigenvalue weighted by molar-refractivity contribution is 5.81. The number of nitrogens with one attached hydrogen (secondary N) is 3. The first kappa shape index (κ1) is 17.2. The fourth-order valence-corrected chi connectivity index (χ4v) is 1.62. The van der Waals surface area contributed by atoms with Crippen LogP contribution in [0.1, 0.15) is 19.1 Å². The summed E-state index contributed by atoms with van der Waals surface area (Å²) >= 11 is 0. The van der Waals surface area contributed by atoms with Crippen molar-refractivity contribution >= 4 is 11.8 Å². The highest BCUT2D eigenvalue weighted by Gasteiger charge is 2.12. The second kappa shape index (κ2) is 9.95. The Labute approximate surface area is 124 Å². The van der Waals surface area contributed by atoms with Crippen LogP contribution in [0.25, 0.3) is 0 Å². The largest absolute Gasteiger partial charge is 0.467 e. The number of ether oxygens (including phenoxy) is 1. The Hall–Kier alpha value is -1.86. The molecule has 0 fully saturated rings. The molecule has 1 rings (SSSR count). The van der Waals surface area contributed by atoms with E-state index in [1.54, 1.807) is 32.4 Å². The van der Waals surface area contributed by atoms with E-state index in [2.05, 4.69) is 16.0 Å². The van der Waals surface area contributed by atoms with Gasteiger partial charge in [-0.3, -0.25) is 9.59 Å². The van der Waals surface area contributed by atoms with Gasteiger partial charge < -0.3 is 25.1 Å². The number of amides is 2. The molecule has 0 aliphatic rings. The number of methoxy groups -OCH3 is 1. The number of hydrogen-bond donors (Lipinski definition) is 3. The maximum absolute atomic E-state index is 11.8. The van der Waals surface area contributed by atoms with Crippen molar-refractivity contribution in [3.05, 3.63) is 24.2 Å². The zero-order valence-corrected chi connectivity index (χ0v) is 12.5. The van der Waals surface area contributed by atoms with Gasteiger partial charge in [-0.2, -0.15) is 0 Å². The molecule has 0 saturated carbocycles. The first-order chi connectivity index (χ1) is 10.1. The summed E-state index contributed by atoms with van der Waals surface area (Å²) in [5.74, 6) is 0.502. The van der Waals surface area contributed by atoms with E-state index in [0.29, 0.717) is 38.4 Å². The quantitative estimate of drug-likeness (QED) is 0.530. The van der Waals surface area contributed by atoms with Gasteiger partial charge >= 0.3 is 0 Å². The number of hydrogen-bond acceptors (Lipinski definition) is 5. The van der Waals surface area contributed by atoms with Crippen molar-refractivity contribution in [2.75, 3.05) is 26.8 Å². The summed E-state index contributed by atoms with van der Waals surface area (Å²) in [6.45, 7) is 3.53. The monoisotopic (exact) mass is 297 g/mol. The van der Waals surface area contributed by atoms with Gasteiger partial charge in [-0.05, 0) is 19.1 Å². The van der Waals surface area contributed by atoms with Gasteiger partial charge in [-0.25, -0.2) is 0 Å². The second-order valence-corrected chi connectivity index (χ2v) is 4.57. The van der Waals surface area contributed by atoms with Gasteiger partial charge in [0.1, 0.15) is 5.76 Å². The fourth-order valence-electron chi connectivity index (χ4n) is 1.62. The van der Waals surface area contributed by atoms with Crippen LogP contribution >= 0.6 is 0 Å². The lowest BCUT2D eigenvalue weighted by Crippen LogP contribution is -2.43. The zero-order chi connectivity index (χ0) is 15.5. The van der Waals surface area contributed by atoms with Crippen LogP contribution in [0.3, 0.4) is 0 Å². The maximum atomic E-state index is 11.8. The molecule has 0 spiro atoms. The minimum absolute atomic E-state index is 0.0669. The van der Waals surface area contributed by atoms with Gasteiger partial charge in [0.2, 0.25) is 11.8 Å². The van der Waals surface area contributed by atoms with Crippen molar-refractivity contribution in [1.82, 2.24) is 16.0 Å². The highest BCUT2D eigenvalue weighted by Crippen LogP contribution is 1.98. The summed E-state index contributed by atoms with van der Waals surface area (Å²) < 4.78 is 9.96. The Bertz CT molecular complexity index is 420. The van der Waals surface area contributed by atoms with Crippen LogP contribution in [0.15, 0.2) is 22.8 Å². The Morgan fingerprint density at radius 3 is 2.81 bits per heavy atom.